The molecule has 1 heterocycles. The van der Waals surface area contributed by atoms with Crippen LogP contribution in [0.2, 0.25) is 0 Å². The summed E-state index contributed by atoms with van der Waals surface area (Å²) in [4.78, 5) is 5.45. The van der Waals surface area contributed by atoms with Crippen molar-refractivity contribution in [1.29, 1.82) is 0 Å². The zero-order valence-corrected chi connectivity index (χ0v) is 12.2. The van der Waals surface area contributed by atoms with Crippen LogP contribution in [0.4, 0.5) is 4.39 Å². The average Bonchev–Trinajstić information content (AvgIpc) is 2.89. The second-order valence-electron chi connectivity index (χ2n) is 4.40. The number of nitrogens with zero attached hydrogens (tertiary/aromatic N) is 1. The summed E-state index contributed by atoms with van der Waals surface area (Å²) in [5.41, 5.74) is 2.97. The van der Waals surface area contributed by atoms with Crippen LogP contribution in [0.25, 0.3) is 0 Å². The SMILES string of the molecule is Fc1ccc(C2CC(c3cccc(I)c3)=NO2)cc1. The van der Waals surface area contributed by atoms with E-state index in [2.05, 4.69) is 33.8 Å². The van der Waals surface area contributed by atoms with Crippen molar-refractivity contribution >= 4 is 28.3 Å². The van der Waals surface area contributed by atoms with Crippen molar-refractivity contribution in [3.63, 3.8) is 0 Å². The first kappa shape index (κ1) is 12.6. The molecule has 3 rings (SSSR count). The highest BCUT2D eigenvalue weighted by Crippen LogP contribution is 2.29. The van der Waals surface area contributed by atoms with Gasteiger partial charge in [-0.2, -0.15) is 0 Å². The smallest absolute Gasteiger partial charge is 0.158 e. The van der Waals surface area contributed by atoms with E-state index < -0.39 is 0 Å². The maximum atomic E-state index is 12.9. The van der Waals surface area contributed by atoms with Crippen LogP contribution >= 0.6 is 22.6 Å². The van der Waals surface area contributed by atoms with E-state index in [1.165, 1.54) is 15.7 Å². The Morgan fingerprint density at radius 2 is 1.95 bits per heavy atom. The third-order valence-electron chi connectivity index (χ3n) is 3.07. The molecule has 0 fully saturated rings. The lowest BCUT2D eigenvalue weighted by Gasteiger charge is -2.07. The maximum Gasteiger partial charge on any atom is 0.158 e. The number of hydrogen-bond acceptors (Lipinski definition) is 2. The summed E-state index contributed by atoms with van der Waals surface area (Å²) in [7, 11) is 0. The van der Waals surface area contributed by atoms with Gasteiger partial charge in [-0.05, 0) is 52.4 Å². The van der Waals surface area contributed by atoms with Crippen LogP contribution in [0.15, 0.2) is 53.7 Å². The highest BCUT2D eigenvalue weighted by molar-refractivity contribution is 14.1. The van der Waals surface area contributed by atoms with Gasteiger partial charge in [0.05, 0.1) is 5.71 Å². The van der Waals surface area contributed by atoms with Gasteiger partial charge in [0.1, 0.15) is 5.82 Å². The fraction of sp³-hybridized carbons (Fsp3) is 0.133. The minimum Gasteiger partial charge on any atom is -0.387 e. The zero-order valence-electron chi connectivity index (χ0n) is 10.0. The van der Waals surface area contributed by atoms with Gasteiger partial charge >= 0.3 is 0 Å². The fourth-order valence-corrected chi connectivity index (χ4v) is 2.62. The Balaban J connectivity index is 1.78. The maximum absolute atomic E-state index is 12.9. The van der Waals surface area contributed by atoms with Gasteiger partial charge in [-0.25, -0.2) is 4.39 Å². The lowest BCUT2D eigenvalue weighted by molar-refractivity contribution is 0.0857. The summed E-state index contributed by atoms with van der Waals surface area (Å²) >= 11 is 2.27. The van der Waals surface area contributed by atoms with E-state index >= 15 is 0 Å². The molecule has 4 heteroatoms. The van der Waals surface area contributed by atoms with Gasteiger partial charge in [0.25, 0.3) is 0 Å². The molecule has 0 spiro atoms. The first-order chi connectivity index (χ1) is 9.22. The fourth-order valence-electron chi connectivity index (χ4n) is 2.07. The zero-order chi connectivity index (χ0) is 13.2. The van der Waals surface area contributed by atoms with Gasteiger partial charge in [0, 0.05) is 15.6 Å². The van der Waals surface area contributed by atoms with Crippen LogP contribution in [0.5, 0.6) is 0 Å². The minimum absolute atomic E-state index is 0.117. The third kappa shape index (κ3) is 2.78. The van der Waals surface area contributed by atoms with Gasteiger partial charge in [-0.1, -0.05) is 29.4 Å². The molecule has 2 nitrogen and oxygen atoms in total. The van der Waals surface area contributed by atoms with Gasteiger partial charge < -0.3 is 4.84 Å². The summed E-state index contributed by atoms with van der Waals surface area (Å²) in [6.45, 7) is 0. The number of benzene rings is 2. The normalized spacial score (nSPS) is 18.0. The second kappa shape index (κ2) is 5.28. The van der Waals surface area contributed by atoms with E-state index in [0.29, 0.717) is 6.42 Å². The summed E-state index contributed by atoms with van der Waals surface area (Å²) in [6.07, 6.45) is 0.597. The molecule has 1 aliphatic heterocycles. The van der Waals surface area contributed by atoms with E-state index in [4.69, 9.17) is 4.84 Å². The lowest BCUT2D eigenvalue weighted by atomic mass is 10.0. The molecule has 96 valence electrons. The van der Waals surface area contributed by atoms with Crippen molar-refractivity contribution in [3.8, 4) is 0 Å². The van der Waals surface area contributed by atoms with E-state index in [1.54, 1.807) is 12.1 Å². The van der Waals surface area contributed by atoms with Crippen LogP contribution in [0, 0.1) is 9.39 Å². The summed E-state index contributed by atoms with van der Waals surface area (Å²) in [6, 6.07) is 14.5. The molecule has 0 bridgehead atoms. The third-order valence-corrected chi connectivity index (χ3v) is 3.74. The summed E-state index contributed by atoms with van der Waals surface area (Å²) in [5, 5.41) is 4.15. The molecule has 0 saturated heterocycles. The van der Waals surface area contributed by atoms with Crippen LogP contribution in [-0.4, -0.2) is 5.71 Å². The van der Waals surface area contributed by atoms with E-state index in [-0.39, 0.29) is 11.9 Å². The van der Waals surface area contributed by atoms with Crippen LogP contribution in [0.3, 0.4) is 0 Å². The standard InChI is InChI=1S/C15H11FINO/c16-12-6-4-10(5-7-12)15-9-14(18-19-15)11-2-1-3-13(17)8-11/h1-8,15H,9H2. The topological polar surface area (TPSA) is 21.6 Å². The quantitative estimate of drug-likeness (QED) is 0.726. The van der Waals surface area contributed by atoms with Crippen molar-refractivity contribution in [1.82, 2.24) is 0 Å². The molecule has 1 aliphatic rings. The molecule has 0 N–H and O–H groups in total. The van der Waals surface area contributed by atoms with Crippen molar-refractivity contribution in [2.45, 2.75) is 12.5 Å². The van der Waals surface area contributed by atoms with Gasteiger partial charge in [-0.3, -0.25) is 0 Å². The Hall–Kier alpha value is -1.43. The number of halogens is 2. The van der Waals surface area contributed by atoms with Crippen molar-refractivity contribution in [2.75, 3.05) is 0 Å². The van der Waals surface area contributed by atoms with Crippen molar-refractivity contribution in [3.05, 3.63) is 69.0 Å². The molecule has 0 aromatic heterocycles. The molecule has 0 saturated carbocycles. The molecule has 0 radical (unpaired) electrons. The second-order valence-corrected chi connectivity index (χ2v) is 5.64. The largest absolute Gasteiger partial charge is 0.387 e. The van der Waals surface area contributed by atoms with Crippen molar-refractivity contribution < 1.29 is 9.23 Å². The Bertz CT molecular complexity index is 624. The molecular weight excluding hydrogens is 356 g/mol. The Morgan fingerprint density at radius 1 is 1.16 bits per heavy atom. The van der Waals surface area contributed by atoms with Crippen LogP contribution in [0.1, 0.15) is 23.7 Å². The van der Waals surface area contributed by atoms with E-state index in [0.717, 1.165) is 16.8 Å². The molecule has 19 heavy (non-hydrogen) atoms. The highest BCUT2D eigenvalue weighted by Gasteiger charge is 2.23. The first-order valence-corrected chi connectivity index (χ1v) is 7.04. The number of oxime groups is 1. The van der Waals surface area contributed by atoms with Gasteiger partial charge in [0.2, 0.25) is 0 Å². The first-order valence-electron chi connectivity index (χ1n) is 5.96. The predicted octanol–water partition coefficient (Wildman–Crippen LogP) is 4.30. The Labute approximate surface area is 124 Å². The van der Waals surface area contributed by atoms with Crippen LogP contribution in [-0.2, 0) is 4.84 Å². The van der Waals surface area contributed by atoms with Gasteiger partial charge in [-0.15, -0.1) is 0 Å². The van der Waals surface area contributed by atoms with E-state index in [9.17, 15) is 4.39 Å². The molecule has 1 unspecified atom stereocenters. The Morgan fingerprint density at radius 3 is 2.68 bits per heavy atom. The molecule has 1 atom stereocenters. The lowest BCUT2D eigenvalue weighted by Crippen LogP contribution is -2.01. The van der Waals surface area contributed by atoms with Crippen LogP contribution < -0.4 is 0 Å². The molecule has 0 amide bonds. The van der Waals surface area contributed by atoms with Gasteiger partial charge in [0.15, 0.2) is 6.10 Å². The average molecular weight is 367 g/mol. The van der Waals surface area contributed by atoms with E-state index in [1.807, 2.05) is 18.2 Å². The summed E-state index contributed by atoms with van der Waals surface area (Å²) in [5.74, 6) is -0.236. The molecule has 0 aliphatic carbocycles. The summed E-state index contributed by atoms with van der Waals surface area (Å²) < 4.78 is 14.1. The molecule has 2 aromatic rings. The predicted molar refractivity (Wildman–Crippen MR) is 80.5 cm³/mol. The minimum atomic E-state index is -0.236. The highest BCUT2D eigenvalue weighted by atomic mass is 127. The Kier molecular flexibility index (Phi) is 3.50. The number of hydrogen-bond donors (Lipinski definition) is 0. The molecular formula is C15H11FINO. The monoisotopic (exact) mass is 367 g/mol. The number of rotatable bonds is 2. The molecule has 2 aromatic carbocycles. The van der Waals surface area contributed by atoms with Crippen molar-refractivity contribution in [2.24, 2.45) is 5.16 Å².